The molecule has 4 N–H and O–H groups in total. The molecule has 0 aliphatic carbocycles. The summed E-state index contributed by atoms with van der Waals surface area (Å²) in [5.41, 5.74) is 8.34. The molecule has 164 valence electrons. The van der Waals surface area contributed by atoms with Crippen LogP contribution in [0.25, 0.3) is 10.8 Å². The van der Waals surface area contributed by atoms with Crippen LogP contribution >= 0.6 is 0 Å². The highest BCUT2D eigenvalue weighted by atomic mass is 16.6. The second-order valence-electron chi connectivity index (χ2n) is 7.68. The van der Waals surface area contributed by atoms with Crippen molar-refractivity contribution < 1.29 is 19.1 Å². The Morgan fingerprint density at radius 2 is 1.91 bits per heavy atom. The molecule has 1 heterocycles. The molecule has 3 aromatic carbocycles. The number of amides is 2. The van der Waals surface area contributed by atoms with E-state index in [0.29, 0.717) is 23.5 Å². The first-order valence-electron chi connectivity index (χ1n) is 10.2. The minimum atomic E-state index is -0.447. The van der Waals surface area contributed by atoms with Gasteiger partial charge in [-0.05, 0) is 42.8 Å². The van der Waals surface area contributed by atoms with Gasteiger partial charge in [0, 0.05) is 34.6 Å². The summed E-state index contributed by atoms with van der Waals surface area (Å²) >= 11 is 0. The van der Waals surface area contributed by atoms with E-state index in [9.17, 15) is 9.59 Å². The van der Waals surface area contributed by atoms with Gasteiger partial charge in [-0.1, -0.05) is 24.3 Å². The summed E-state index contributed by atoms with van der Waals surface area (Å²) < 4.78 is 11.6. The largest absolute Gasteiger partial charge is 0.489 e. The maximum Gasteiger partial charge on any atom is 0.414 e. The third kappa shape index (κ3) is 4.20. The maximum absolute atomic E-state index is 12.4. The van der Waals surface area contributed by atoms with Crippen molar-refractivity contribution in [3.05, 3.63) is 65.7 Å². The summed E-state index contributed by atoms with van der Waals surface area (Å²) in [6.07, 6.45) is -0.889. The molecule has 4 rings (SSSR count). The summed E-state index contributed by atoms with van der Waals surface area (Å²) in [4.78, 5) is 25.5. The van der Waals surface area contributed by atoms with Crippen LogP contribution in [0, 0.1) is 12.3 Å². The molecule has 1 aliphatic heterocycles. The number of cyclic esters (lactones) is 1. The number of hydrogen-bond acceptors (Lipinski definition) is 5. The SMILES string of the molecule is CC(=O)Nc1cc(C)c(OCC2CN(c3ccc(C(=N)N)cc3)C(=O)O2)c2ccccc12. The van der Waals surface area contributed by atoms with Gasteiger partial charge in [0.25, 0.3) is 0 Å². The monoisotopic (exact) mass is 432 g/mol. The van der Waals surface area contributed by atoms with Crippen molar-refractivity contribution in [2.45, 2.75) is 20.0 Å². The molecule has 8 heteroatoms. The molecule has 1 atom stereocenters. The average molecular weight is 432 g/mol. The Hall–Kier alpha value is -4.07. The van der Waals surface area contributed by atoms with E-state index >= 15 is 0 Å². The van der Waals surface area contributed by atoms with Crippen LogP contribution in [0.4, 0.5) is 16.2 Å². The number of aryl methyl sites for hydroxylation is 1. The molecule has 0 spiro atoms. The summed E-state index contributed by atoms with van der Waals surface area (Å²) in [6, 6.07) is 16.4. The fourth-order valence-corrected chi connectivity index (χ4v) is 3.79. The zero-order valence-electron chi connectivity index (χ0n) is 17.8. The number of fused-ring (bicyclic) bond motifs is 1. The molecule has 2 amide bonds. The van der Waals surface area contributed by atoms with Crippen LogP contribution < -0.4 is 20.7 Å². The van der Waals surface area contributed by atoms with Crippen molar-refractivity contribution >= 4 is 40.0 Å². The normalized spacial score (nSPS) is 15.5. The van der Waals surface area contributed by atoms with E-state index in [4.69, 9.17) is 20.6 Å². The fourth-order valence-electron chi connectivity index (χ4n) is 3.79. The van der Waals surface area contributed by atoms with E-state index in [1.807, 2.05) is 37.3 Å². The van der Waals surface area contributed by atoms with Crippen LogP contribution in [-0.4, -0.2) is 37.1 Å². The average Bonchev–Trinajstić information content (AvgIpc) is 3.13. The molecule has 3 aromatic rings. The van der Waals surface area contributed by atoms with Gasteiger partial charge in [-0.2, -0.15) is 0 Å². The first-order chi connectivity index (χ1) is 15.3. The van der Waals surface area contributed by atoms with Gasteiger partial charge in [0.05, 0.1) is 6.54 Å². The first kappa shape index (κ1) is 21.2. The molecule has 32 heavy (non-hydrogen) atoms. The lowest BCUT2D eigenvalue weighted by Gasteiger charge is -2.17. The van der Waals surface area contributed by atoms with Gasteiger partial charge in [0.15, 0.2) is 6.10 Å². The molecule has 1 saturated heterocycles. The molecule has 8 nitrogen and oxygen atoms in total. The number of benzene rings is 3. The third-order valence-corrected chi connectivity index (χ3v) is 5.27. The summed E-state index contributed by atoms with van der Waals surface area (Å²) in [5.74, 6) is 0.520. The van der Waals surface area contributed by atoms with Crippen molar-refractivity contribution in [2.75, 3.05) is 23.4 Å². The predicted molar refractivity (Wildman–Crippen MR) is 124 cm³/mol. The van der Waals surface area contributed by atoms with Crippen molar-refractivity contribution in [2.24, 2.45) is 5.73 Å². The quantitative estimate of drug-likeness (QED) is 0.405. The van der Waals surface area contributed by atoms with Gasteiger partial charge in [0.1, 0.15) is 18.2 Å². The van der Waals surface area contributed by atoms with Crippen molar-refractivity contribution in [1.82, 2.24) is 0 Å². The number of rotatable bonds is 6. The number of hydrogen-bond donors (Lipinski definition) is 3. The Bertz CT molecular complexity index is 1210. The van der Waals surface area contributed by atoms with Crippen LogP contribution in [0.2, 0.25) is 0 Å². The lowest BCUT2D eigenvalue weighted by atomic mass is 10.0. The minimum Gasteiger partial charge on any atom is -0.489 e. The second kappa shape index (κ2) is 8.58. The van der Waals surface area contributed by atoms with Gasteiger partial charge in [-0.25, -0.2) is 4.79 Å². The number of carbonyl (C=O) groups excluding carboxylic acids is 2. The van der Waals surface area contributed by atoms with Gasteiger partial charge >= 0.3 is 6.09 Å². The number of nitrogens with zero attached hydrogens (tertiary/aromatic N) is 1. The van der Waals surface area contributed by atoms with Crippen LogP contribution in [-0.2, 0) is 9.53 Å². The molecule has 0 saturated carbocycles. The van der Waals surface area contributed by atoms with Gasteiger partial charge in [-0.3, -0.25) is 15.1 Å². The minimum absolute atomic E-state index is 0.0288. The number of nitrogen functional groups attached to an aromatic ring is 1. The van der Waals surface area contributed by atoms with Gasteiger partial charge in [0.2, 0.25) is 5.91 Å². The Labute approximate surface area is 185 Å². The number of nitrogens with one attached hydrogen (secondary N) is 2. The zero-order chi connectivity index (χ0) is 22.8. The smallest absolute Gasteiger partial charge is 0.414 e. The zero-order valence-corrected chi connectivity index (χ0v) is 17.8. The number of nitrogens with two attached hydrogens (primary N) is 1. The molecule has 1 aliphatic rings. The lowest BCUT2D eigenvalue weighted by Crippen LogP contribution is -2.26. The summed E-state index contributed by atoms with van der Waals surface area (Å²) in [7, 11) is 0. The van der Waals surface area contributed by atoms with E-state index in [1.165, 1.54) is 11.8 Å². The maximum atomic E-state index is 12.4. The van der Waals surface area contributed by atoms with E-state index in [1.54, 1.807) is 24.3 Å². The standard InChI is InChI=1S/C24H24N4O4/c1-14-11-21(27-15(2)29)19-5-3-4-6-20(19)22(14)31-13-18-12-28(24(30)32-18)17-9-7-16(8-10-17)23(25)26/h3-11,18H,12-13H2,1-2H3,(H3,25,26)(H,27,29). The number of amidine groups is 1. The first-order valence-corrected chi connectivity index (χ1v) is 10.2. The molecule has 1 fully saturated rings. The molecule has 0 bridgehead atoms. The van der Waals surface area contributed by atoms with Crippen LogP contribution in [0.5, 0.6) is 5.75 Å². The molecular weight excluding hydrogens is 408 g/mol. The number of anilines is 2. The van der Waals surface area contributed by atoms with Gasteiger partial charge in [-0.15, -0.1) is 0 Å². The highest BCUT2D eigenvalue weighted by Gasteiger charge is 2.33. The van der Waals surface area contributed by atoms with E-state index in [2.05, 4.69) is 5.32 Å². The molecular formula is C24H24N4O4. The molecule has 0 radical (unpaired) electrons. The van der Waals surface area contributed by atoms with E-state index < -0.39 is 12.2 Å². The van der Waals surface area contributed by atoms with Crippen LogP contribution in [0.15, 0.2) is 54.6 Å². The fraction of sp³-hybridized carbons (Fsp3) is 0.208. The highest BCUT2D eigenvalue weighted by Crippen LogP contribution is 2.35. The van der Waals surface area contributed by atoms with Gasteiger partial charge < -0.3 is 20.5 Å². The lowest BCUT2D eigenvalue weighted by molar-refractivity contribution is -0.114. The van der Waals surface area contributed by atoms with Crippen LogP contribution in [0.3, 0.4) is 0 Å². The van der Waals surface area contributed by atoms with Crippen molar-refractivity contribution in [3.8, 4) is 5.75 Å². The number of ether oxygens (including phenoxy) is 2. The highest BCUT2D eigenvalue weighted by molar-refractivity contribution is 6.04. The van der Waals surface area contributed by atoms with Crippen molar-refractivity contribution in [1.29, 1.82) is 5.41 Å². The summed E-state index contributed by atoms with van der Waals surface area (Å²) in [6.45, 7) is 3.93. The Balaban J connectivity index is 1.51. The number of carbonyl (C=O) groups is 2. The van der Waals surface area contributed by atoms with Crippen LogP contribution in [0.1, 0.15) is 18.1 Å². The Morgan fingerprint density at radius 1 is 1.22 bits per heavy atom. The second-order valence-corrected chi connectivity index (χ2v) is 7.68. The predicted octanol–water partition coefficient (Wildman–Crippen LogP) is 3.79. The Morgan fingerprint density at radius 3 is 2.56 bits per heavy atom. The van der Waals surface area contributed by atoms with E-state index in [0.717, 1.165) is 22.0 Å². The molecule has 1 unspecified atom stereocenters. The molecule has 0 aromatic heterocycles. The Kier molecular flexibility index (Phi) is 5.68. The van der Waals surface area contributed by atoms with Crippen molar-refractivity contribution in [3.63, 3.8) is 0 Å². The third-order valence-electron chi connectivity index (χ3n) is 5.27. The summed E-state index contributed by atoms with van der Waals surface area (Å²) in [5, 5.41) is 12.1. The topological polar surface area (TPSA) is 118 Å². The van der Waals surface area contributed by atoms with E-state index in [-0.39, 0.29) is 18.3 Å².